The van der Waals surface area contributed by atoms with E-state index in [2.05, 4.69) is 10.1 Å². The predicted molar refractivity (Wildman–Crippen MR) is 75.0 cm³/mol. The number of nitrogen functional groups attached to an aromatic ring is 1. The van der Waals surface area contributed by atoms with Crippen LogP contribution < -0.4 is 10.5 Å². The van der Waals surface area contributed by atoms with Gasteiger partial charge in [-0.2, -0.15) is 5.10 Å². The standard InChI is InChI=1S/C14H21N3O/c1-11(16-17-9-4-3-5-10-17)12-7-6-8-13(18-2)14(12)15/h6-8H,3-5,9-10,15H2,1-2H3/b16-11+. The summed E-state index contributed by atoms with van der Waals surface area (Å²) in [7, 11) is 1.63. The highest BCUT2D eigenvalue weighted by molar-refractivity contribution is 6.03. The lowest BCUT2D eigenvalue weighted by molar-refractivity contribution is 0.239. The second kappa shape index (κ2) is 5.76. The summed E-state index contributed by atoms with van der Waals surface area (Å²) in [6.45, 7) is 4.09. The van der Waals surface area contributed by atoms with Gasteiger partial charge in [-0.15, -0.1) is 0 Å². The SMILES string of the molecule is COc1cccc(/C(C)=N/N2CCCCC2)c1N. The summed E-state index contributed by atoms with van der Waals surface area (Å²) >= 11 is 0. The first-order chi connectivity index (χ1) is 8.72. The lowest BCUT2D eigenvalue weighted by Crippen LogP contribution is -2.26. The van der Waals surface area contributed by atoms with E-state index in [9.17, 15) is 0 Å². The van der Waals surface area contributed by atoms with Gasteiger partial charge in [0.2, 0.25) is 0 Å². The number of hydrogen-bond acceptors (Lipinski definition) is 4. The number of hydrazone groups is 1. The minimum absolute atomic E-state index is 0.665. The van der Waals surface area contributed by atoms with Crippen molar-refractivity contribution in [2.45, 2.75) is 26.2 Å². The summed E-state index contributed by atoms with van der Waals surface area (Å²) in [5.41, 5.74) is 8.65. The Morgan fingerprint density at radius 3 is 2.67 bits per heavy atom. The van der Waals surface area contributed by atoms with Crippen LogP contribution in [-0.4, -0.2) is 30.9 Å². The molecule has 1 aromatic carbocycles. The van der Waals surface area contributed by atoms with Crippen molar-refractivity contribution in [2.75, 3.05) is 25.9 Å². The predicted octanol–water partition coefficient (Wildman–Crippen LogP) is 2.49. The van der Waals surface area contributed by atoms with Gasteiger partial charge in [0.15, 0.2) is 0 Å². The number of rotatable bonds is 3. The third kappa shape index (κ3) is 2.75. The van der Waals surface area contributed by atoms with E-state index in [4.69, 9.17) is 10.5 Å². The molecule has 0 amide bonds. The molecule has 1 aromatic rings. The Balaban J connectivity index is 2.21. The first kappa shape index (κ1) is 12.7. The van der Waals surface area contributed by atoms with Gasteiger partial charge in [-0.05, 0) is 32.3 Å². The molecule has 1 saturated heterocycles. The van der Waals surface area contributed by atoms with Crippen LogP contribution in [0, 0.1) is 0 Å². The van der Waals surface area contributed by atoms with Crippen LogP contribution in [0.1, 0.15) is 31.7 Å². The highest BCUT2D eigenvalue weighted by Crippen LogP contribution is 2.25. The Kier molecular flexibility index (Phi) is 4.07. The molecular formula is C14H21N3O. The largest absolute Gasteiger partial charge is 0.495 e. The van der Waals surface area contributed by atoms with E-state index in [0.29, 0.717) is 11.4 Å². The number of ether oxygens (including phenoxy) is 1. The van der Waals surface area contributed by atoms with Gasteiger partial charge in [-0.25, -0.2) is 0 Å². The fourth-order valence-corrected chi connectivity index (χ4v) is 2.28. The van der Waals surface area contributed by atoms with Crippen molar-refractivity contribution in [3.8, 4) is 5.75 Å². The number of para-hydroxylation sites is 1. The lowest BCUT2D eigenvalue weighted by Gasteiger charge is -2.24. The molecule has 1 aliphatic heterocycles. The second-order valence-electron chi connectivity index (χ2n) is 4.62. The molecule has 18 heavy (non-hydrogen) atoms. The van der Waals surface area contributed by atoms with Gasteiger partial charge in [0.05, 0.1) is 18.5 Å². The molecule has 4 nitrogen and oxygen atoms in total. The van der Waals surface area contributed by atoms with Crippen LogP contribution in [0.5, 0.6) is 5.75 Å². The van der Waals surface area contributed by atoms with Crippen molar-refractivity contribution < 1.29 is 4.74 Å². The van der Waals surface area contributed by atoms with Gasteiger partial charge >= 0.3 is 0 Å². The summed E-state index contributed by atoms with van der Waals surface area (Å²) in [5, 5.41) is 6.79. The Hall–Kier alpha value is -1.71. The lowest BCUT2D eigenvalue weighted by atomic mass is 10.1. The molecule has 0 bridgehead atoms. The third-order valence-corrected chi connectivity index (χ3v) is 3.30. The number of nitrogens with two attached hydrogens (primary N) is 1. The molecular weight excluding hydrogens is 226 g/mol. The molecule has 0 aliphatic carbocycles. The maximum absolute atomic E-state index is 6.08. The molecule has 4 heteroatoms. The Morgan fingerprint density at radius 2 is 2.00 bits per heavy atom. The second-order valence-corrected chi connectivity index (χ2v) is 4.62. The van der Waals surface area contributed by atoms with Gasteiger partial charge in [0.1, 0.15) is 5.75 Å². The van der Waals surface area contributed by atoms with Crippen LogP contribution in [0.15, 0.2) is 23.3 Å². The van der Waals surface area contributed by atoms with E-state index in [1.54, 1.807) is 7.11 Å². The number of anilines is 1. The van der Waals surface area contributed by atoms with Crippen molar-refractivity contribution in [1.29, 1.82) is 0 Å². The van der Waals surface area contributed by atoms with Crippen LogP contribution in [0.3, 0.4) is 0 Å². The number of hydrogen-bond donors (Lipinski definition) is 1. The van der Waals surface area contributed by atoms with Crippen LogP contribution in [0.25, 0.3) is 0 Å². The third-order valence-electron chi connectivity index (χ3n) is 3.30. The van der Waals surface area contributed by atoms with Gasteiger partial charge < -0.3 is 10.5 Å². The molecule has 0 saturated carbocycles. The topological polar surface area (TPSA) is 50.8 Å². The first-order valence-electron chi connectivity index (χ1n) is 6.45. The average Bonchev–Trinajstić information content (AvgIpc) is 2.40. The fraction of sp³-hybridized carbons (Fsp3) is 0.500. The maximum Gasteiger partial charge on any atom is 0.142 e. The van der Waals surface area contributed by atoms with Crippen molar-refractivity contribution in [3.05, 3.63) is 23.8 Å². The van der Waals surface area contributed by atoms with Crippen molar-refractivity contribution >= 4 is 11.4 Å². The van der Waals surface area contributed by atoms with E-state index >= 15 is 0 Å². The fourth-order valence-electron chi connectivity index (χ4n) is 2.28. The molecule has 2 N–H and O–H groups in total. The molecule has 98 valence electrons. The Labute approximate surface area is 108 Å². The monoisotopic (exact) mass is 247 g/mol. The van der Waals surface area contributed by atoms with Gasteiger partial charge in [-0.3, -0.25) is 5.01 Å². The molecule has 0 aromatic heterocycles. The highest BCUT2D eigenvalue weighted by atomic mass is 16.5. The minimum atomic E-state index is 0.665. The number of nitrogens with zero attached hydrogens (tertiary/aromatic N) is 2. The normalized spacial score (nSPS) is 16.8. The van der Waals surface area contributed by atoms with Gasteiger partial charge in [0, 0.05) is 18.7 Å². The molecule has 0 atom stereocenters. The van der Waals surface area contributed by atoms with Gasteiger partial charge in [0.25, 0.3) is 0 Å². The highest BCUT2D eigenvalue weighted by Gasteiger charge is 2.11. The van der Waals surface area contributed by atoms with E-state index in [-0.39, 0.29) is 0 Å². The first-order valence-corrected chi connectivity index (χ1v) is 6.45. The van der Waals surface area contributed by atoms with Crippen molar-refractivity contribution in [2.24, 2.45) is 5.10 Å². The molecule has 0 spiro atoms. The number of piperidine rings is 1. The van der Waals surface area contributed by atoms with E-state index in [1.807, 2.05) is 25.1 Å². The number of benzene rings is 1. The molecule has 0 radical (unpaired) electrons. The number of methoxy groups -OCH3 is 1. The Bertz CT molecular complexity index is 437. The molecule has 1 fully saturated rings. The van der Waals surface area contributed by atoms with Gasteiger partial charge in [-0.1, -0.05) is 12.1 Å². The van der Waals surface area contributed by atoms with Crippen molar-refractivity contribution in [3.63, 3.8) is 0 Å². The zero-order valence-corrected chi connectivity index (χ0v) is 11.1. The van der Waals surface area contributed by atoms with E-state index in [1.165, 1.54) is 19.3 Å². The Morgan fingerprint density at radius 1 is 1.28 bits per heavy atom. The van der Waals surface area contributed by atoms with Crippen LogP contribution >= 0.6 is 0 Å². The molecule has 1 heterocycles. The molecule has 2 rings (SSSR count). The van der Waals surface area contributed by atoms with E-state index < -0.39 is 0 Å². The van der Waals surface area contributed by atoms with Crippen LogP contribution in [-0.2, 0) is 0 Å². The summed E-state index contributed by atoms with van der Waals surface area (Å²) in [5.74, 6) is 0.709. The molecule has 1 aliphatic rings. The minimum Gasteiger partial charge on any atom is -0.495 e. The zero-order chi connectivity index (χ0) is 13.0. The van der Waals surface area contributed by atoms with Crippen molar-refractivity contribution in [1.82, 2.24) is 5.01 Å². The van der Waals surface area contributed by atoms with Crippen LogP contribution in [0.2, 0.25) is 0 Å². The summed E-state index contributed by atoms with van der Waals surface area (Å²) in [4.78, 5) is 0. The van der Waals surface area contributed by atoms with Crippen LogP contribution in [0.4, 0.5) is 5.69 Å². The maximum atomic E-state index is 6.08. The van der Waals surface area contributed by atoms with E-state index in [0.717, 1.165) is 24.4 Å². The molecule has 0 unspecified atom stereocenters. The summed E-state index contributed by atoms with van der Waals surface area (Å²) in [6, 6.07) is 5.80. The smallest absolute Gasteiger partial charge is 0.142 e. The quantitative estimate of drug-likeness (QED) is 0.659. The summed E-state index contributed by atoms with van der Waals surface area (Å²) in [6.07, 6.45) is 3.76. The average molecular weight is 247 g/mol. The summed E-state index contributed by atoms with van der Waals surface area (Å²) < 4.78 is 5.23. The zero-order valence-electron chi connectivity index (χ0n) is 11.1.